The van der Waals surface area contributed by atoms with Crippen molar-refractivity contribution in [3.8, 4) is 0 Å². The molecule has 0 aromatic heterocycles. The molecule has 0 aliphatic heterocycles. The van der Waals surface area contributed by atoms with Crippen LogP contribution in [0.3, 0.4) is 0 Å². The lowest BCUT2D eigenvalue weighted by atomic mass is 10.0. The van der Waals surface area contributed by atoms with E-state index in [4.69, 9.17) is 9.05 Å². The number of hydrogen-bond donors (Lipinski definition) is 3. The first-order valence-electron chi connectivity index (χ1n) is 27.9. The monoisotopic (exact) mass is 916 g/mol. The Hall–Kier alpha value is -0.500. The van der Waals surface area contributed by atoms with Gasteiger partial charge < -0.3 is 19.8 Å². The van der Waals surface area contributed by atoms with Gasteiger partial charge in [0.1, 0.15) is 13.2 Å². The molecule has 9 heteroatoms. The predicted molar refractivity (Wildman–Crippen MR) is 272 cm³/mol. The second-order valence-electron chi connectivity index (χ2n) is 20.7. The first-order valence-corrected chi connectivity index (χ1v) is 29.4. The number of aliphatic hydroxyl groups is 1. The Balaban J connectivity index is 3.98. The molecule has 0 aliphatic rings. The van der Waals surface area contributed by atoms with Crippen LogP contribution in [0.1, 0.15) is 290 Å². The highest BCUT2D eigenvalue weighted by Crippen LogP contribution is 2.43. The number of hydrogen-bond acceptors (Lipinski definition) is 5. The molecule has 0 heterocycles. The van der Waals surface area contributed by atoms with E-state index < -0.39 is 20.0 Å². The molecule has 0 spiro atoms. The van der Waals surface area contributed by atoms with Crippen LogP contribution in [0.2, 0.25) is 0 Å². The van der Waals surface area contributed by atoms with Crippen LogP contribution in [0.4, 0.5) is 0 Å². The van der Waals surface area contributed by atoms with Crippen molar-refractivity contribution in [2.24, 2.45) is 0 Å². The maximum atomic E-state index is 12.9. The Morgan fingerprint density at radius 3 is 1.06 bits per heavy atom. The SMILES string of the molecule is CCCCCCCCCCCCCCCCCCCCCCCCCCCCCCCC(=O)NC(COP(=O)(O)OCC[N+](C)(C)C)C(O)CCCCCCCCCCCCCC. The number of nitrogens with zero attached hydrogens (tertiary/aromatic N) is 1. The van der Waals surface area contributed by atoms with Crippen molar-refractivity contribution < 1.29 is 32.9 Å². The van der Waals surface area contributed by atoms with Crippen LogP contribution in [0, 0.1) is 0 Å². The minimum absolute atomic E-state index is 0.0788. The molecule has 0 rings (SSSR count). The zero-order chi connectivity index (χ0) is 46.4. The van der Waals surface area contributed by atoms with Gasteiger partial charge in [0.25, 0.3) is 0 Å². The fraction of sp³-hybridized carbons (Fsp3) is 0.981. The van der Waals surface area contributed by atoms with E-state index in [1.165, 1.54) is 225 Å². The summed E-state index contributed by atoms with van der Waals surface area (Å²) >= 11 is 0. The van der Waals surface area contributed by atoms with Gasteiger partial charge in [0.15, 0.2) is 0 Å². The van der Waals surface area contributed by atoms with Crippen LogP contribution in [0.5, 0.6) is 0 Å². The van der Waals surface area contributed by atoms with E-state index >= 15 is 0 Å². The van der Waals surface area contributed by atoms with Crippen LogP contribution in [-0.2, 0) is 18.4 Å². The lowest BCUT2D eigenvalue weighted by Crippen LogP contribution is -2.46. The van der Waals surface area contributed by atoms with E-state index in [1.54, 1.807) is 0 Å². The Labute approximate surface area is 393 Å². The summed E-state index contributed by atoms with van der Waals surface area (Å²) in [6.45, 7) is 4.92. The number of amides is 1. The number of aliphatic hydroxyl groups excluding tert-OH is 1. The molecule has 1 amide bonds. The topological polar surface area (TPSA) is 105 Å². The Kier molecular flexibility index (Phi) is 46.2. The van der Waals surface area contributed by atoms with E-state index in [0.717, 1.165) is 38.5 Å². The van der Waals surface area contributed by atoms with Gasteiger partial charge >= 0.3 is 7.82 Å². The van der Waals surface area contributed by atoms with Crippen molar-refractivity contribution in [3.05, 3.63) is 0 Å². The minimum atomic E-state index is -4.31. The molecule has 0 bridgehead atoms. The molecular weight excluding hydrogens is 804 g/mol. The largest absolute Gasteiger partial charge is 0.472 e. The minimum Gasteiger partial charge on any atom is -0.391 e. The molecule has 0 aliphatic carbocycles. The summed E-state index contributed by atoms with van der Waals surface area (Å²) in [5.74, 6) is -0.138. The fourth-order valence-electron chi connectivity index (χ4n) is 8.70. The zero-order valence-corrected chi connectivity index (χ0v) is 44.0. The Morgan fingerprint density at radius 1 is 0.476 bits per heavy atom. The van der Waals surface area contributed by atoms with Crippen LogP contribution in [-0.4, -0.2) is 73.4 Å². The van der Waals surface area contributed by atoms with Crippen LogP contribution in [0.15, 0.2) is 0 Å². The molecule has 0 fully saturated rings. The van der Waals surface area contributed by atoms with Crippen molar-refractivity contribution in [1.82, 2.24) is 5.32 Å². The molecule has 3 N–H and O–H groups in total. The summed E-state index contributed by atoms with van der Waals surface area (Å²) in [6.07, 6.45) is 54.5. The quantitative estimate of drug-likeness (QED) is 0.0319. The smallest absolute Gasteiger partial charge is 0.391 e. The molecule has 3 unspecified atom stereocenters. The second-order valence-corrected chi connectivity index (χ2v) is 22.1. The van der Waals surface area contributed by atoms with Gasteiger partial charge in [-0.25, -0.2) is 4.57 Å². The van der Waals surface area contributed by atoms with Gasteiger partial charge in [0.05, 0.1) is 39.9 Å². The van der Waals surface area contributed by atoms with Gasteiger partial charge in [-0.15, -0.1) is 0 Å². The molecule has 0 aromatic rings. The number of phosphoric ester groups is 1. The van der Waals surface area contributed by atoms with Crippen molar-refractivity contribution >= 4 is 13.7 Å². The van der Waals surface area contributed by atoms with Crippen LogP contribution >= 0.6 is 7.82 Å². The molecule has 3 atom stereocenters. The summed E-state index contributed by atoms with van der Waals surface area (Å²) < 4.78 is 23.7. The molecule has 378 valence electrons. The number of phosphoric acid groups is 1. The second kappa shape index (κ2) is 46.6. The summed E-state index contributed by atoms with van der Waals surface area (Å²) in [5, 5.41) is 14.0. The standard InChI is InChI=1S/C54H111N2O6P/c1-6-8-10-12-14-16-18-20-21-22-23-24-25-26-27-28-29-30-31-32-33-34-35-36-38-40-42-44-46-48-54(58)55-52(51-62-63(59,60)61-50-49-56(3,4)5)53(57)47-45-43-41-39-37-19-17-15-13-11-9-7-2/h52-53,57H,6-51H2,1-5H3,(H-,55,58,59,60)/p+1. The average Bonchev–Trinajstić information content (AvgIpc) is 3.24. The third-order valence-corrected chi connectivity index (χ3v) is 14.1. The van der Waals surface area contributed by atoms with Crippen molar-refractivity contribution in [2.75, 3.05) is 40.9 Å². The molecule has 0 saturated carbocycles. The number of carbonyl (C=O) groups is 1. The maximum absolute atomic E-state index is 12.9. The van der Waals surface area contributed by atoms with Gasteiger partial charge in [-0.2, -0.15) is 0 Å². The summed E-state index contributed by atoms with van der Waals surface area (Å²) in [5.41, 5.74) is 0. The van der Waals surface area contributed by atoms with E-state index in [9.17, 15) is 19.4 Å². The lowest BCUT2D eigenvalue weighted by Gasteiger charge is -2.26. The van der Waals surface area contributed by atoms with Gasteiger partial charge in [-0.05, 0) is 12.8 Å². The molecule has 0 saturated heterocycles. The van der Waals surface area contributed by atoms with Gasteiger partial charge in [-0.1, -0.05) is 271 Å². The van der Waals surface area contributed by atoms with E-state index in [-0.39, 0.29) is 19.1 Å². The number of unbranched alkanes of at least 4 members (excludes halogenated alkanes) is 39. The number of quaternary nitrogens is 1. The van der Waals surface area contributed by atoms with Crippen molar-refractivity contribution in [3.63, 3.8) is 0 Å². The molecule has 8 nitrogen and oxygen atoms in total. The Morgan fingerprint density at radius 2 is 0.762 bits per heavy atom. The number of carbonyl (C=O) groups excluding carboxylic acids is 1. The van der Waals surface area contributed by atoms with Crippen LogP contribution < -0.4 is 5.32 Å². The number of nitrogens with one attached hydrogen (secondary N) is 1. The number of rotatable bonds is 52. The fourth-order valence-corrected chi connectivity index (χ4v) is 9.43. The van der Waals surface area contributed by atoms with Gasteiger partial charge in [0, 0.05) is 6.42 Å². The highest BCUT2D eigenvalue weighted by atomic mass is 31.2. The number of likely N-dealkylation sites (N-methyl/N-ethyl adjacent to an activating group) is 1. The predicted octanol–water partition coefficient (Wildman–Crippen LogP) is 16.5. The van der Waals surface area contributed by atoms with E-state index in [2.05, 4.69) is 19.2 Å². The van der Waals surface area contributed by atoms with Gasteiger partial charge in [-0.3, -0.25) is 13.8 Å². The average molecular weight is 916 g/mol. The van der Waals surface area contributed by atoms with Crippen LogP contribution in [0.25, 0.3) is 0 Å². The third kappa shape index (κ3) is 49.2. The molecule has 63 heavy (non-hydrogen) atoms. The summed E-state index contributed by atoms with van der Waals surface area (Å²) in [7, 11) is 1.63. The van der Waals surface area contributed by atoms with Gasteiger partial charge in [0.2, 0.25) is 5.91 Å². The first-order chi connectivity index (χ1) is 30.5. The lowest BCUT2D eigenvalue weighted by molar-refractivity contribution is -0.870. The normalized spacial score (nSPS) is 14.0. The zero-order valence-electron chi connectivity index (χ0n) is 43.1. The van der Waals surface area contributed by atoms with Crippen molar-refractivity contribution in [2.45, 2.75) is 302 Å². The first kappa shape index (κ1) is 62.5. The van der Waals surface area contributed by atoms with E-state index in [1.807, 2.05) is 21.1 Å². The maximum Gasteiger partial charge on any atom is 0.472 e. The highest BCUT2D eigenvalue weighted by Gasteiger charge is 2.28. The highest BCUT2D eigenvalue weighted by molar-refractivity contribution is 7.47. The third-order valence-electron chi connectivity index (χ3n) is 13.1. The van der Waals surface area contributed by atoms with Crippen molar-refractivity contribution in [1.29, 1.82) is 0 Å². The summed E-state index contributed by atoms with van der Waals surface area (Å²) in [4.78, 5) is 23.2. The summed E-state index contributed by atoms with van der Waals surface area (Å²) in [6, 6.07) is -0.753. The molecule has 0 radical (unpaired) electrons. The molecular formula is C54H112N2O6P+. The Bertz CT molecular complexity index is 994. The van der Waals surface area contributed by atoms with E-state index in [0.29, 0.717) is 23.9 Å². The molecule has 0 aromatic carbocycles.